The molecule has 0 unspecified atom stereocenters. The summed E-state index contributed by atoms with van der Waals surface area (Å²) in [6, 6.07) is 4.82. The van der Waals surface area contributed by atoms with E-state index in [9.17, 15) is 14.7 Å². The number of rotatable bonds is 2. The molecule has 1 aliphatic rings. The van der Waals surface area contributed by atoms with Gasteiger partial charge in [0.15, 0.2) is 0 Å². The topological polar surface area (TPSA) is 69.6 Å². The molecule has 1 aromatic rings. The van der Waals surface area contributed by atoms with Crippen molar-refractivity contribution in [3.8, 4) is 0 Å². The first-order chi connectivity index (χ1) is 9.52. The number of benzene rings is 1. The molecule has 2 rings (SSSR count). The van der Waals surface area contributed by atoms with Crippen LogP contribution >= 0.6 is 11.6 Å². The van der Waals surface area contributed by atoms with Crippen molar-refractivity contribution < 1.29 is 14.7 Å². The van der Waals surface area contributed by atoms with Crippen LogP contribution in [-0.2, 0) is 9.59 Å². The predicted molar refractivity (Wildman–Crippen MR) is 76.6 cm³/mol. The number of hydrogen-bond acceptors (Lipinski definition) is 3. The number of carbonyl (C=O) groups excluding carboxylic acids is 2. The number of aliphatic hydroxyl groups is 1. The van der Waals surface area contributed by atoms with Gasteiger partial charge in [0.25, 0.3) is 0 Å². The number of aliphatic hydroxyl groups excluding tert-OH is 1. The van der Waals surface area contributed by atoms with Crippen LogP contribution in [0.25, 0.3) is 0 Å². The third kappa shape index (κ3) is 3.11. The number of nitrogens with zero attached hydrogens (tertiary/aromatic N) is 1. The van der Waals surface area contributed by atoms with Gasteiger partial charge in [-0.3, -0.25) is 9.59 Å². The van der Waals surface area contributed by atoms with Gasteiger partial charge >= 0.3 is 11.8 Å². The second-order valence-corrected chi connectivity index (χ2v) is 5.30. The molecule has 0 radical (unpaired) electrons. The Balaban J connectivity index is 2.04. The van der Waals surface area contributed by atoms with Crippen LogP contribution in [0.1, 0.15) is 18.4 Å². The molecule has 0 bridgehead atoms. The van der Waals surface area contributed by atoms with Crippen molar-refractivity contribution in [2.45, 2.75) is 25.8 Å². The first-order valence-corrected chi connectivity index (χ1v) is 6.89. The van der Waals surface area contributed by atoms with E-state index in [1.54, 1.807) is 18.2 Å². The number of carbonyl (C=O) groups is 2. The molecule has 108 valence electrons. The van der Waals surface area contributed by atoms with Crippen LogP contribution in [0.4, 0.5) is 5.69 Å². The Morgan fingerprint density at radius 3 is 2.90 bits per heavy atom. The normalized spacial score (nSPS) is 18.1. The second kappa shape index (κ2) is 6.24. The second-order valence-electron chi connectivity index (χ2n) is 4.90. The number of hydrogen-bond donors (Lipinski definition) is 2. The van der Waals surface area contributed by atoms with Crippen LogP contribution in [0.2, 0.25) is 5.02 Å². The van der Waals surface area contributed by atoms with Crippen molar-refractivity contribution in [2.24, 2.45) is 0 Å². The molecule has 0 aromatic heterocycles. The summed E-state index contributed by atoms with van der Waals surface area (Å²) < 4.78 is 0. The minimum atomic E-state index is -0.703. The molecular weight excluding hydrogens is 280 g/mol. The van der Waals surface area contributed by atoms with Crippen molar-refractivity contribution in [3.63, 3.8) is 0 Å². The largest absolute Gasteiger partial charge is 0.394 e. The molecule has 0 spiro atoms. The third-order valence-electron chi connectivity index (χ3n) is 3.47. The average Bonchev–Trinajstić information content (AvgIpc) is 2.90. The lowest BCUT2D eigenvalue weighted by Gasteiger charge is -2.22. The van der Waals surface area contributed by atoms with Crippen LogP contribution in [-0.4, -0.2) is 41.0 Å². The van der Waals surface area contributed by atoms with Gasteiger partial charge in [0.05, 0.1) is 12.6 Å². The van der Waals surface area contributed by atoms with Crippen LogP contribution in [0.5, 0.6) is 0 Å². The smallest absolute Gasteiger partial charge is 0.313 e. The minimum Gasteiger partial charge on any atom is -0.394 e. The summed E-state index contributed by atoms with van der Waals surface area (Å²) >= 11 is 5.97. The molecule has 1 aromatic carbocycles. The van der Waals surface area contributed by atoms with Crippen LogP contribution in [0, 0.1) is 6.92 Å². The molecule has 2 amide bonds. The number of anilines is 1. The summed E-state index contributed by atoms with van der Waals surface area (Å²) in [4.78, 5) is 25.4. The van der Waals surface area contributed by atoms with Crippen LogP contribution < -0.4 is 5.32 Å². The Hall–Kier alpha value is -1.59. The Morgan fingerprint density at radius 1 is 1.50 bits per heavy atom. The SMILES string of the molecule is Cc1ccc(NC(=O)C(=O)N2CCC[C@H]2CO)cc1Cl. The molecule has 6 heteroatoms. The maximum absolute atomic E-state index is 12.0. The Morgan fingerprint density at radius 2 is 2.25 bits per heavy atom. The van der Waals surface area contributed by atoms with Crippen molar-refractivity contribution in [3.05, 3.63) is 28.8 Å². The summed E-state index contributed by atoms with van der Waals surface area (Å²) in [7, 11) is 0. The first-order valence-electron chi connectivity index (χ1n) is 6.52. The van der Waals surface area contributed by atoms with E-state index in [1.807, 2.05) is 6.92 Å². The Kier molecular flexibility index (Phi) is 4.62. The van der Waals surface area contributed by atoms with Gasteiger partial charge in [0.1, 0.15) is 0 Å². The van der Waals surface area contributed by atoms with Crippen LogP contribution in [0.15, 0.2) is 18.2 Å². The van der Waals surface area contributed by atoms with Gasteiger partial charge in [-0.15, -0.1) is 0 Å². The molecule has 20 heavy (non-hydrogen) atoms. The highest BCUT2D eigenvalue weighted by atomic mass is 35.5. The highest BCUT2D eigenvalue weighted by Crippen LogP contribution is 2.21. The molecule has 0 aliphatic carbocycles. The fourth-order valence-corrected chi connectivity index (χ4v) is 2.46. The third-order valence-corrected chi connectivity index (χ3v) is 3.88. The van der Waals surface area contributed by atoms with E-state index in [4.69, 9.17) is 11.6 Å². The van der Waals surface area contributed by atoms with E-state index in [0.717, 1.165) is 18.4 Å². The van der Waals surface area contributed by atoms with Gasteiger partial charge in [0.2, 0.25) is 0 Å². The molecule has 1 fully saturated rings. The van der Waals surface area contributed by atoms with Gasteiger partial charge < -0.3 is 15.3 Å². The molecule has 1 atom stereocenters. The zero-order chi connectivity index (χ0) is 14.7. The summed E-state index contributed by atoms with van der Waals surface area (Å²) in [5.41, 5.74) is 1.38. The molecule has 1 saturated heterocycles. The van der Waals surface area contributed by atoms with E-state index in [2.05, 4.69) is 5.32 Å². The molecule has 1 heterocycles. The van der Waals surface area contributed by atoms with Gasteiger partial charge in [-0.2, -0.15) is 0 Å². The highest BCUT2D eigenvalue weighted by Gasteiger charge is 2.31. The fourth-order valence-electron chi connectivity index (χ4n) is 2.28. The fraction of sp³-hybridized carbons (Fsp3) is 0.429. The van der Waals surface area contributed by atoms with Gasteiger partial charge in [-0.25, -0.2) is 0 Å². The molecule has 1 aliphatic heterocycles. The van der Waals surface area contributed by atoms with Gasteiger partial charge in [-0.05, 0) is 37.5 Å². The van der Waals surface area contributed by atoms with Crippen molar-refractivity contribution in [1.29, 1.82) is 0 Å². The van der Waals surface area contributed by atoms with Crippen LogP contribution in [0.3, 0.4) is 0 Å². The van der Waals surface area contributed by atoms with Gasteiger partial charge in [0, 0.05) is 17.3 Å². The Labute approximate surface area is 122 Å². The number of likely N-dealkylation sites (tertiary alicyclic amines) is 1. The quantitative estimate of drug-likeness (QED) is 0.814. The maximum Gasteiger partial charge on any atom is 0.313 e. The number of amides is 2. The minimum absolute atomic E-state index is 0.116. The molecule has 5 nitrogen and oxygen atoms in total. The van der Waals surface area contributed by atoms with Crippen molar-refractivity contribution in [1.82, 2.24) is 4.90 Å². The zero-order valence-corrected chi connectivity index (χ0v) is 12.0. The molecular formula is C14H17ClN2O3. The Bertz CT molecular complexity index is 533. The number of nitrogens with one attached hydrogen (secondary N) is 1. The lowest BCUT2D eigenvalue weighted by atomic mass is 10.2. The highest BCUT2D eigenvalue weighted by molar-refractivity contribution is 6.40. The summed E-state index contributed by atoms with van der Waals surface area (Å²) in [5.74, 6) is -1.32. The summed E-state index contributed by atoms with van der Waals surface area (Å²) in [5, 5.41) is 12.2. The zero-order valence-electron chi connectivity index (χ0n) is 11.2. The monoisotopic (exact) mass is 296 g/mol. The van der Waals surface area contributed by atoms with E-state index in [-0.39, 0.29) is 12.6 Å². The van der Waals surface area contributed by atoms with E-state index in [1.165, 1.54) is 4.90 Å². The van der Waals surface area contributed by atoms with Crippen molar-refractivity contribution in [2.75, 3.05) is 18.5 Å². The van der Waals surface area contributed by atoms with Gasteiger partial charge in [-0.1, -0.05) is 17.7 Å². The molecule has 0 saturated carbocycles. The first kappa shape index (κ1) is 14.8. The summed E-state index contributed by atoms with van der Waals surface area (Å²) in [6.07, 6.45) is 1.53. The van der Waals surface area contributed by atoms with E-state index in [0.29, 0.717) is 17.3 Å². The molecule has 2 N–H and O–H groups in total. The van der Waals surface area contributed by atoms with Crippen molar-refractivity contribution >= 4 is 29.1 Å². The maximum atomic E-state index is 12.0. The lowest BCUT2D eigenvalue weighted by Crippen LogP contribution is -2.43. The predicted octanol–water partition coefficient (Wildman–Crippen LogP) is 1.57. The summed E-state index contributed by atoms with van der Waals surface area (Å²) in [6.45, 7) is 2.25. The number of halogens is 1. The lowest BCUT2D eigenvalue weighted by molar-refractivity contribution is -0.144. The number of aryl methyl sites for hydroxylation is 1. The standard InChI is InChI=1S/C14H17ClN2O3/c1-9-4-5-10(7-12(9)15)16-13(19)14(20)17-6-2-3-11(17)8-18/h4-5,7,11,18H,2-3,6,8H2,1H3,(H,16,19)/t11-/m0/s1. The van der Waals surface area contributed by atoms with E-state index < -0.39 is 11.8 Å². The average molecular weight is 297 g/mol. The van der Waals surface area contributed by atoms with E-state index >= 15 is 0 Å².